The van der Waals surface area contributed by atoms with Crippen LogP contribution in [0.25, 0.3) is 22.4 Å². The van der Waals surface area contributed by atoms with Crippen LogP contribution in [0.3, 0.4) is 0 Å². The van der Waals surface area contributed by atoms with Crippen molar-refractivity contribution in [1.29, 1.82) is 0 Å². The summed E-state index contributed by atoms with van der Waals surface area (Å²) in [7, 11) is 0. The van der Waals surface area contributed by atoms with Crippen LogP contribution in [-0.4, -0.2) is 36.8 Å². The molecule has 3 aromatic heterocycles. The van der Waals surface area contributed by atoms with Crippen molar-refractivity contribution in [3.8, 4) is 11.3 Å². The maximum Gasteiger partial charge on any atom is 0.180 e. The van der Waals surface area contributed by atoms with Crippen molar-refractivity contribution in [3.63, 3.8) is 0 Å². The lowest BCUT2D eigenvalue weighted by Crippen LogP contribution is -2.29. The van der Waals surface area contributed by atoms with E-state index in [1.165, 1.54) is 12.8 Å². The van der Waals surface area contributed by atoms with Gasteiger partial charge in [0, 0.05) is 18.3 Å². The summed E-state index contributed by atoms with van der Waals surface area (Å²) < 4.78 is 0. The lowest BCUT2D eigenvalue weighted by molar-refractivity contribution is 0.697. The lowest BCUT2D eigenvalue weighted by Gasteiger charge is -2.10. The second kappa shape index (κ2) is 7.78. The van der Waals surface area contributed by atoms with Gasteiger partial charge in [0.2, 0.25) is 0 Å². The molecule has 0 amide bonds. The Bertz CT molecular complexity index is 816. The molecule has 0 aliphatic carbocycles. The Balaban J connectivity index is 1.71. The standard InChI is InChI=1S/C16H19N7S/c1-2-3-4-7-17-16(24)23-14-6-5-12-15(22-14)21-13(10-18-12)11-8-19-20-9-11/h5-6,8-10H,2-4,7H2,1H3,(H,19,20)(H2,17,21,22,23,24). The largest absolute Gasteiger partial charge is 0.362 e. The number of fused-ring (bicyclic) bond motifs is 1. The fourth-order valence-electron chi connectivity index (χ4n) is 2.23. The van der Waals surface area contributed by atoms with Crippen molar-refractivity contribution in [2.75, 3.05) is 11.9 Å². The zero-order chi connectivity index (χ0) is 16.8. The van der Waals surface area contributed by atoms with Crippen molar-refractivity contribution < 1.29 is 0 Å². The Morgan fingerprint density at radius 2 is 2.12 bits per heavy atom. The van der Waals surface area contributed by atoms with E-state index in [0.717, 1.165) is 29.7 Å². The topological polar surface area (TPSA) is 91.4 Å². The second-order valence-corrected chi connectivity index (χ2v) is 5.78. The Kier molecular flexibility index (Phi) is 5.27. The highest BCUT2D eigenvalue weighted by Gasteiger charge is 2.06. The average Bonchev–Trinajstić information content (AvgIpc) is 3.13. The van der Waals surface area contributed by atoms with Crippen LogP contribution in [0.1, 0.15) is 26.2 Å². The first-order valence-corrected chi connectivity index (χ1v) is 8.35. The van der Waals surface area contributed by atoms with Crippen LogP contribution in [0.2, 0.25) is 0 Å². The van der Waals surface area contributed by atoms with Crippen molar-refractivity contribution in [1.82, 2.24) is 30.5 Å². The van der Waals surface area contributed by atoms with Crippen molar-refractivity contribution in [2.24, 2.45) is 0 Å². The third-order valence-electron chi connectivity index (χ3n) is 3.51. The predicted octanol–water partition coefficient (Wildman–Crippen LogP) is 2.89. The monoisotopic (exact) mass is 341 g/mol. The van der Waals surface area contributed by atoms with E-state index >= 15 is 0 Å². The highest BCUT2D eigenvalue weighted by Crippen LogP contribution is 2.18. The summed E-state index contributed by atoms with van der Waals surface area (Å²) in [5.74, 6) is 0.647. The van der Waals surface area contributed by atoms with Gasteiger partial charge in [-0.2, -0.15) is 5.10 Å². The first kappa shape index (κ1) is 16.3. The Morgan fingerprint density at radius 3 is 2.92 bits per heavy atom. The van der Waals surface area contributed by atoms with Crippen LogP contribution in [0.15, 0.2) is 30.7 Å². The normalized spacial score (nSPS) is 10.7. The molecule has 3 rings (SSSR count). The molecular formula is C16H19N7S. The molecule has 0 saturated heterocycles. The summed E-state index contributed by atoms with van der Waals surface area (Å²) in [5.41, 5.74) is 2.89. The molecule has 0 radical (unpaired) electrons. The van der Waals surface area contributed by atoms with Gasteiger partial charge in [-0.05, 0) is 30.8 Å². The molecule has 0 unspecified atom stereocenters. The number of unbranched alkanes of at least 4 members (excludes halogenated alkanes) is 2. The molecule has 124 valence electrons. The first-order valence-electron chi connectivity index (χ1n) is 7.94. The van der Waals surface area contributed by atoms with Crippen LogP contribution >= 0.6 is 12.2 Å². The fourth-order valence-corrected chi connectivity index (χ4v) is 2.44. The quantitative estimate of drug-likeness (QED) is 0.469. The minimum Gasteiger partial charge on any atom is -0.362 e. The van der Waals surface area contributed by atoms with Gasteiger partial charge in [-0.3, -0.25) is 10.1 Å². The van der Waals surface area contributed by atoms with E-state index in [2.05, 4.69) is 42.7 Å². The zero-order valence-electron chi connectivity index (χ0n) is 13.4. The number of anilines is 1. The third kappa shape index (κ3) is 4.02. The van der Waals surface area contributed by atoms with Crippen LogP contribution in [0.5, 0.6) is 0 Å². The molecule has 0 aromatic carbocycles. The van der Waals surface area contributed by atoms with Gasteiger partial charge in [-0.15, -0.1) is 0 Å². The Morgan fingerprint density at radius 1 is 1.21 bits per heavy atom. The number of aromatic amines is 1. The fraction of sp³-hybridized carbons (Fsp3) is 0.312. The summed E-state index contributed by atoms with van der Waals surface area (Å²) in [5, 5.41) is 13.5. The summed E-state index contributed by atoms with van der Waals surface area (Å²) >= 11 is 5.29. The van der Waals surface area contributed by atoms with Gasteiger partial charge in [0.05, 0.1) is 18.1 Å². The molecule has 0 atom stereocenters. The van der Waals surface area contributed by atoms with Crippen LogP contribution in [-0.2, 0) is 0 Å². The summed E-state index contributed by atoms with van der Waals surface area (Å²) in [6.45, 7) is 3.03. The van der Waals surface area contributed by atoms with Gasteiger partial charge in [0.15, 0.2) is 10.8 Å². The first-order chi connectivity index (χ1) is 11.8. The molecule has 3 heterocycles. The zero-order valence-corrected chi connectivity index (χ0v) is 14.2. The second-order valence-electron chi connectivity index (χ2n) is 5.37. The van der Waals surface area contributed by atoms with Gasteiger partial charge < -0.3 is 10.6 Å². The highest BCUT2D eigenvalue weighted by atomic mass is 32.1. The smallest absolute Gasteiger partial charge is 0.180 e. The van der Waals surface area contributed by atoms with E-state index in [-0.39, 0.29) is 0 Å². The van der Waals surface area contributed by atoms with Crippen LogP contribution < -0.4 is 10.6 Å². The van der Waals surface area contributed by atoms with E-state index in [9.17, 15) is 0 Å². The van der Waals surface area contributed by atoms with Gasteiger partial charge in [-0.1, -0.05) is 19.8 Å². The summed E-state index contributed by atoms with van der Waals surface area (Å²) in [4.78, 5) is 13.4. The predicted molar refractivity (Wildman–Crippen MR) is 98.7 cm³/mol. The molecule has 24 heavy (non-hydrogen) atoms. The number of rotatable bonds is 6. The molecule has 0 aliphatic heterocycles. The molecular weight excluding hydrogens is 322 g/mol. The minimum absolute atomic E-state index is 0.562. The minimum atomic E-state index is 0.562. The van der Waals surface area contributed by atoms with E-state index in [0.29, 0.717) is 16.6 Å². The number of nitrogens with zero attached hydrogens (tertiary/aromatic N) is 4. The Hall–Kier alpha value is -2.61. The lowest BCUT2D eigenvalue weighted by atomic mass is 10.2. The van der Waals surface area contributed by atoms with Gasteiger partial charge in [0.25, 0.3) is 0 Å². The van der Waals surface area contributed by atoms with E-state index in [1.54, 1.807) is 18.6 Å². The number of thiocarbonyl (C=S) groups is 1. The molecule has 3 N–H and O–H groups in total. The molecule has 0 aliphatic rings. The third-order valence-corrected chi connectivity index (χ3v) is 3.75. The van der Waals surface area contributed by atoms with Crippen molar-refractivity contribution in [3.05, 3.63) is 30.7 Å². The van der Waals surface area contributed by atoms with Crippen LogP contribution in [0, 0.1) is 0 Å². The number of nitrogens with one attached hydrogen (secondary N) is 3. The molecule has 8 heteroatoms. The summed E-state index contributed by atoms with van der Waals surface area (Å²) in [6.07, 6.45) is 8.66. The van der Waals surface area contributed by atoms with E-state index in [4.69, 9.17) is 12.2 Å². The van der Waals surface area contributed by atoms with Gasteiger partial charge in [-0.25, -0.2) is 9.97 Å². The maximum atomic E-state index is 5.29. The number of pyridine rings is 1. The van der Waals surface area contributed by atoms with Gasteiger partial charge in [0.1, 0.15) is 11.3 Å². The average molecular weight is 341 g/mol. The molecule has 0 bridgehead atoms. The van der Waals surface area contributed by atoms with E-state index in [1.807, 2.05) is 12.1 Å². The highest BCUT2D eigenvalue weighted by molar-refractivity contribution is 7.80. The SMILES string of the molecule is CCCCCNC(=S)Nc1ccc2ncc(-c3cn[nH]c3)nc2n1. The Labute approximate surface area is 145 Å². The summed E-state index contributed by atoms with van der Waals surface area (Å²) in [6, 6.07) is 3.71. The van der Waals surface area contributed by atoms with Gasteiger partial charge >= 0.3 is 0 Å². The molecule has 0 saturated carbocycles. The van der Waals surface area contributed by atoms with E-state index < -0.39 is 0 Å². The number of H-pyrrole nitrogens is 1. The molecule has 0 spiro atoms. The number of hydrogen-bond donors (Lipinski definition) is 3. The number of hydrogen-bond acceptors (Lipinski definition) is 5. The molecule has 3 aromatic rings. The van der Waals surface area contributed by atoms with Crippen LogP contribution in [0.4, 0.5) is 5.82 Å². The maximum absolute atomic E-state index is 5.29. The molecule has 0 fully saturated rings. The molecule has 7 nitrogen and oxygen atoms in total. The van der Waals surface area contributed by atoms with Crippen molar-refractivity contribution >= 4 is 34.3 Å². The number of aromatic nitrogens is 5. The van der Waals surface area contributed by atoms with Crippen molar-refractivity contribution in [2.45, 2.75) is 26.2 Å².